The predicted octanol–water partition coefficient (Wildman–Crippen LogP) is 4.15. The number of para-hydroxylation sites is 1. The summed E-state index contributed by atoms with van der Waals surface area (Å²) in [4.78, 5) is 13.1. The van der Waals surface area contributed by atoms with Gasteiger partial charge in [-0.3, -0.25) is 4.79 Å². The van der Waals surface area contributed by atoms with Crippen LogP contribution in [0, 0.1) is 33.6 Å². The predicted molar refractivity (Wildman–Crippen MR) is 129 cm³/mol. The first-order valence-electron chi connectivity index (χ1n) is 11.2. The van der Waals surface area contributed by atoms with Crippen LogP contribution in [0.4, 0.5) is 5.69 Å². The number of nitrogens with zero attached hydrogens (tertiary/aromatic N) is 3. The van der Waals surface area contributed by atoms with Crippen molar-refractivity contribution < 1.29 is 13.2 Å². The first-order valence-corrected chi connectivity index (χ1v) is 12.6. The molecule has 0 atom stereocenters. The van der Waals surface area contributed by atoms with Crippen molar-refractivity contribution >= 4 is 21.6 Å². The van der Waals surface area contributed by atoms with Crippen LogP contribution in [-0.4, -0.2) is 41.5 Å². The average Bonchev–Trinajstić information content (AvgIpc) is 3.12. The van der Waals surface area contributed by atoms with Gasteiger partial charge in [0.05, 0.1) is 17.1 Å². The molecule has 1 amide bonds. The van der Waals surface area contributed by atoms with Crippen molar-refractivity contribution in [1.29, 1.82) is 0 Å². The molecule has 33 heavy (non-hydrogen) atoms. The molecule has 0 saturated carbocycles. The summed E-state index contributed by atoms with van der Waals surface area (Å²) in [6.07, 6.45) is 0.974. The second-order valence-corrected chi connectivity index (χ2v) is 10.5. The summed E-state index contributed by atoms with van der Waals surface area (Å²) in [6, 6.07) is 15.3. The van der Waals surface area contributed by atoms with E-state index in [1.165, 1.54) is 4.31 Å². The Kier molecular flexibility index (Phi) is 6.41. The van der Waals surface area contributed by atoms with Gasteiger partial charge in [-0.2, -0.15) is 9.40 Å². The third-order valence-corrected chi connectivity index (χ3v) is 8.66. The third kappa shape index (κ3) is 4.45. The maximum Gasteiger partial charge on any atom is 0.246 e. The van der Waals surface area contributed by atoms with Crippen molar-refractivity contribution in [2.75, 3.05) is 18.4 Å². The minimum atomic E-state index is -3.71. The second-order valence-electron chi connectivity index (χ2n) is 8.66. The minimum absolute atomic E-state index is 0.0509. The Bertz CT molecular complexity index is 1270. The number of carbonyl (C=O) groups excluding carboxylic acids is 1. The van der Waals surface area contributed by atoms with Gasteiger partial charge in [-0.25, -0.2) is 13.1 Å². The lowest BCUT2D eigenvalue weighted by Gasteiger charge is -2.30. The Labute approximate surface area is 195 Å². The van der Waals surface area contributed by atoms with E-state index in [0.29, 0.717) is 37.3 Å². The molecule has 4 rings (SSSR count). The van der Waals surface area contributed by atoms with Crippen LogP contribution in [0.1, 0.15) is 35.4 Å². The van der Waals surface area contributed by atoms with E-state index in [4.69, 9.17) is 0 Å². The zero-order chi connectivity index (χ0) is 23.8. The fourth-order valence-electron chi connectivity index (χ4n) is 4.43. The largest absolute Gasteiger partial charge is 0.326 e. The number of sulfonamides is 1. The number of anilines is 1. The molecule has 1 aliphatic rings. The quantitative estimate of drug-likeness (QED) is 0.612. The lowest BCUT2D eigenvalue weighted by atomic mass is 9.97. The molecule has 1 saturated heterocycles. The number of hydrogen-bond acceptors (Lipinski definition) is 4. The summed E-state index contributed by atoms with van der Waals surface area (Å²) in [5.74, 6) is -0.268. The molecule has 174 valence electrons. The normalized spacial score (nSPS) is 15.5. The molecule has 0 aliphatic carbocycles. The topological polar surface area (TPSA) is 84.3 Å². The van der Waals surface area contributed by atoms with E-state index in [2.05, 4.69) is 10.4 Å². The monoisotopic (exact) mass is 466 g/mol. The second kappa shape index (κ2) is 9.11. The lowest BCUT2D eigenvalue weighted by molar-refractivity contribution is -0.120. The SMILES string of the molecule is Cc1cccc(NC(=O)C2CCN(S(=O)(=O)c3c(C)nn(-c4ccccc4)c3C)CC2)c1C. The van der Waals surface area contributed by atoms with Crippen LogP contribution in [0.3, 0.4) is 0 Å². The van der Waals surface area contributed by atoms with E-state index in [1.54, 1.807) is 18.5 Å². The summed E-state index contributed by atoms with van der Waals surface area (Å²) in [7, 11) is -3.71. The summed E-state index contributed by atoms with van der Waals surface area (Å²) >= 11 is 0. The zero-order valence-electron chi connectivity index (χ0n) is 19.5. The van der Waals surface area contributed by atoms with E-state index >= 15 is 0 Å². The van der Waals surface area contributed by atoms with Gasteiger partial charge >= 0.3 is 0 Å². The molecule has 3 aromatic rings. The van der Waals surface area contributed by atoms with Gasteiger partial charge in [0, 0.05) is 24.7 Å². The van der Waals surface area contributed by atoms with Crippen molar-refractivity contribution in [2.24, 2.45) is 5.92 Å². The van der Waals surface area contributed by atoms with Crippen molar-refractivity contribution in [3.05, 3.63) is 71.0 Å². The van der Waals surface area contributed by atoms with Crippen LogP contribution < -0.4 is 5.32 Å². The molecule has 0 radical (unpaired) electrons. The number of carbonyl (C=O) groups is 1. The van der Waals surface area contributed by atoms with Crippen molar-refractivity contribution in [3.8, 4) is 5.69 Å². The highest BCUT2D eigenvalue weighted by Crippen LogP contribution is 2.30. The Morgan fingerprint density at radius 2 is 1.64 bits per heavy atom. The van der Waals surface area contributed by atoms with Crippen LogP contribution in [0.2, 0.25) is 0 Å². The maximum atomic E-state index is 13.5. The molecule has 7 nitrogen and oxygen atoms in total. The number of aromatic nitrogens is 2. The Hall–Kier alpha value is -2.97. The average molecular weight is 467 g/mol. The van der Waals surface area contributed by atoms with Crippen molar-refractivity contribution in [3.63, 3.8) is 0 Å². The zero-order valence-corrected chi connectivity index (χ0v) is 20.3. The van der Waals surface area contributed by atoms with Crippen molar-refractivity contribution in [2.45, 2.75) is 45.4 Å². The maximum absolute atomic E-state index is 13.5. The highest BCUT2D eigenvalue weighted by molar-refractivity contribution is 7.89. The molecule has 1 fully saturated rings. The first-order chi connectivity index (χ1) is 15.7. The van der Waals surface area contributed by atoms with Gasteiger partial charge in [0.25, 0.3) is 0 Å². The van der Waals surface area contributed by atoms with E-state index in [9.17, 15) is 13.2 Å². The lowest BCUT2D eigenvalue weighted by Crippen LogP contribution is -2.41. The highest BCUT2D eigenvalue weighted by Gasteiger charge is 2.35. The fourth-order valence-corrected chi connectivity index (χ4v) is 6.25. The highest BCUT2D eigenvalue weighted by atomic mass is 32.2. The first kappa shape index (κ1) is 23.2. The van der Waals surface area contributed by atoms with Gasteiger partial charge in [0.1, 0.15) is 4.90 Å². The van der Waals surface area contributed by atoms with Crippen LogP contribution in [0.5, 0.6) is 0 Å². The summed E-state index contributed by atoms with van der Waals surface area (Å²) in [5.41, 5.74) is 4.87. The Morgan fingerprint density at radius 3 is 2.30 bits per heavy atom. The van der Waals surface area contributed by atoms with Gasteiger partial charge in [-0.05, 0) is 69.9 Å². The smallest absolute Gasteiger partial charge is 0.246 e. The number of piperidine rings is 1. The summed E-state index contributed by atoms with van der Waals surface area (Å²) in [5, 5.41) is 7.52. The molecule has 2 aromatic carbocycles. The van der Waals surface area contributed by atoms with Gasteiger partial charge in [0.15, 0.2) is 0 Å². The Balaban J connectivity index is 1.48. The number of amides is 1. The van der Waals surface area contributed by atoms with E-state index in [1.807, 2.05) is 62.4 Å². The molecule has 1 aliphatic heterocycles. The molecule has 0 spiro atoms. The van der Waals surface area contributed by atoms with Gasteiger partial charge in [-0.15, -0.1) is 0 Å². The number of hydrogen-bond donors (Lipinski definition) is 1. The Morgan fingerprint density at radius 1 is 0.970 bits per heavy atom. The fraction of sp³-hybridized carbons (Fsp3) is 0.360. The number of benzene rings is 2. The molecule has 0 unspecified atom stereocenters. The molecule has 1 N–H and O–H groups in total. The van der Waals surface area contributed by atoms with Gasteiger partial charge in [-0.1, -0.05) is 30.3 Å². The third-order valence-electron chi connectivity index (χ3n) is 6.51. The molecule has 1 aromatic heterocycles. The van der Waals surface area contributed by atoms with Crippen LogP contribution in [0.15, 0.2) is 53.4 Å². The minimum Gasteiger partial charge on any atom is -0.326 e. The van der Waals surface area contributed by atoms with Crippen LogP contribution >= 0.6 is 0 Å². The van der Waals surface area contributed by atoms with Crippen LogP contribution in [0.25, 0.3) is 5.69 Å². The molecule has 0 bridgehead atoms. The number of rotatable bonds is 5. The van der Waals surface area contributed by atoms with Gasteiger partial charge < -0.3 is 5.32 Å². The summed E-state index contributed by atoms with van der Waals surface area (Å²) in [6.45, 7) is 8.12. The molecule has 2 heterocycles. The van der Waals surface area contributed by atoms with E-state index in [0.717, 1.165) is 22.5 Å². The number of nitrogens with one attached hydrogen (secondary N) is 1. The van der Waals surface area contributed by atoms with E-state index < -0.39 is 10.0 Å². The van der Waals surface area contributed by atoms with E-state index in [-0.39, 0.29) is 16.7 Å². The molecular weight excluding hydrogens is 436 g/mol. The standard InChI is InChI=1S/C25H30N4O3S/c1-17-9-8-12-23(18(17)2)26-25(30)21-13-15-28(16-14-21)33(31,32)24-19(3)27-29(20(24)4)22-10-6-5-7-11-22/h5-12,21H,13-16H2,1-4H3,(H,26,30). The molecular formula is C25H30N4O3S. The van der Waals surface area contributed by atoms with Gasteiger partial charge in [0.2, 0.25) is 15.9 Å². The molecule has 8 heteroatoms. The summed E-state index contributed by atoms with van der Waals surface area (Å²) < 4.78 is 30.2. The van der Waals surface area contributed by atoms with Crippen molar-refractivity contribution in [1.82, 2.24) is 14.1 Å². The van der Waals surface area contributed by atoms with Crippen LogP contribution in [-0.2, 0) is 14.8 Å². The number of aryl methyl sites for hydroxylation is 2.